The Hall–Kier alpha value is -1.29. The van der Waals surface area contributed by atoms with Crippen LogP contribution >= 0.6 is 12.4 Å². The van der Waals surface area contributed by atoms with E-state index < -0.39 is 0 Å². The summed E-state index contributed by atoms with van der Waals surface area (Å²) in [7, 11) is 1.78. The van der Waals surface area contributed by atoms with Gasteiger partial charge in [-0.25, -0.2) is 4.39 Å². The molecule has 0 unspecified atom stereocenters. The van der Waals surface area contributed by atoms with Crippen LogP contribution < -0.4 is 5.73 Å². The summed E-state index contributed by atoms with van der Waals surface area (Å²) in [4.78, 5) is 1.65. The molecule has 1 aromatic rings. The van der Waals surface area contributed by atoms with E-state index in [9.17, 15) is 4.39 Å². The molecule has 0 heterocycles. The van der Waals surface area contributed by atoms with E-state index in [2.05, 4.69) is 0 Å². The Morgan fingerprint density at radius 2 is 1.87 bits per heavy atom. The van der Waals surface area contributed by atoms with Gasteiger partial charge in [0.1, 0.15) is 5.82 Å². The molecule has 0 aliphatic rings. The highest BCUT2D eigenvalue weighted by Crippen LogP contribution is 1.91. The maximum Gasteiger partial charge on any atom is 0.188 e. The first kappa shape index (κ1) is 16.2. The van der Waals surface area contributed by atoms with Crippen molar-refractivity contribution in [3.8, 4) is 0 Å². The first-order chi connectivity index (χ1) is 6.57. The van der Waals surface area contributed by atoms with Crippen molar-refractivity contribution >= 4 is 18.4 Å². The Kier molecular flexibility index (Phi) is 9.98. The number of benzene rings is 1. The largest absolute Gasteiger partial charge is 0.370 e. The molecule has 0 aliphatic carbocycles. The van der Waals surface area contributed by atoms with E-state index in [4.69, 9.17) is 11.1 Å². The van der Waals surface area contributed by atoms with Gasteiger partial charge in [-0.2, -0.15) is 0 Å². The number of nitrogens with zero attached hydrogens (tertiary/aromatic N) is 1. The average Bonchev–Trinajstić information content (AvgIpc) is 2.18. The quantitative estimate of drug-likeness (QED) is 0.577. The molecule has 0 amide bonds. The van der Waals surface area contributed by atoms with Gasteiger partial charge in [0.2, 0.25) is 0 Å². The molecule has 15 heavy (non-hydrogen) atoms. The van der Waals surface area contributed by atoms with Gasteiger partial charge in [0.15, 0.2) is 5.96 Å². The zero-order valence-corrected chi connectivity index (χ0v) is 9.72. The second-order valence-corrected chi connectivity index (χ2v) is 2.69. The van der Waals surface area contributed by atoms with Crippen LogP contribution in [0.25, 0.3) is 0 Å². The van der Waals surface area contributed by atoms with Crippen molar-refractivity contribution < 1.29 is 4.39 Å². The van der Waals surface area contributed by atoms with Crippen molar-refractivity contribution in [3.63, 3.8) is 0 Å². The highest BCUT2D eigenvalue weighted by atomic mass is 35.5. The number of nitrogens with two attached hydrogens (primary N) is 1. The summed E-state index contributed by atoms with van der Waals surface area (Å²) in [6.45, 7) is 2.75. The minimum Gasteiger partial charge on any atom is -0.370 e. The zero-order chi connectivity index (χ0) is 11.0. The van der Waals surface area contributed by atoms with Crippen molar-refractivity contribution in [1.82, 2.24) is 4.90 Å². The molecule has 3 N–H and O–H groups in total. The van der Waals surface area contributed by atoms with Gasteiger partial charge in [-0.3, -0.25) is 5.41 Å². The van der Waals surface area contributed by atoms with Crippen molar-refractivity contribution in [2.75, 3.05) is 13.6 Å². The molecule has 0 spiro atoms. The summed E-state index contributed by atoms with van der Waals surface area (Å²) < 4.78 is 11.9. The lowest BCUT2D eigenvalue weighted by Gasteiger charge is -2.11. The maximum absolute atomic E-state index is 11.9. The topological polar surface area (TPSA) is 53.1 Å². The van der Waals surface area contributed by atoms with Crippen molar-refractivity contribution in [2.24, 2.45) is 5.73 Å². The van der Waals surface area contributed by atoms with Crippen LogP contribution in [-0.2, 0) is 0 Å². The predicted molar refractivity (Wildman–Crippen MR) is 63.9 cm³/mol. The molecule has 86 valence electrons. The highest BCUT2D eigenvalue weighted by molar-refractivity contribution is 5.85. The van der Waals surface area contributed by atoms with Crippen molar-refractivity contribution in [3.05, 3.63) is 36.1 Å². The fourth-order valence-corrected chi connectivity index (χ4v) is 0.585. The fraction of sp³-hybridized carbons (Fsp3) is 0.300. The Balaban J connectivity index is 0. The van der Waals surface area contributed by atoms with E-state index in [-0.39, 0.29) is 24.2 Å². The molecule has 0 saturated carbocycles. The molecule has 0 aromatic heterocycles. The van der Waals surface area contributed by atoms with Gasteiger partial charge in [0.05, 0.1) is 0 Å². The number of hydrogen-bond acceptors (Lipinski definition) is 1. The van der Waals surface area contributed by atoms with Crippen LogP contribution in [0.5, 0.6) is 0 Å². The van der Waals surface area contributed by atoms with Gasteiger partial charge >= 0.3 is 0 Å². The Morgan fingerprint density at radius 3 is 2.00 bits per heavy atom. The van der Waals surface area contributed by atoms with Crippen LogP contribution in [-0.4, -0.2) is 24.5 Å². The lowest BCUT2D eigenvalue weighted by Crippen LogP contribution is -2.32. The van der Waals surface area contributed by atoms with Crippen LogP contribution in [0.15, 0.2) is 30.3 Å². The third kappa shape index (κ3) is 9.02. The van der Waals surface area contributed by atoms with E-state index in [0.29, 0.717) is 0 Å². The van der Waals surface area contributed by atoms with Gasteiger partial charge in [-0.05, 0) is 19.1 Å². The molecule has 0 aliphatic heterocycles. The summed E-state index contributed by atoms with van der Waals surface area (Å²) in [5, 5.41) is 6.80. The normalized spacial score (nSPS) is 7.93. The van der Waals surface area contributed by atoms with Crippen LogP contribution in [0.4, 0.5) is 4.39 Å². The van der Waals surface area contributed by atoms with E-state index in [1.165, 1.54) is 12.1 Å². The molecule has 1 rings (SSSR count). The third-order valence-corrected chi connectivity index (χ3v) is 1.62. The highest BCUT2D eigenvalue weighted by Gasteiger charge is 1.89. The second kappa shape index (κ2) is 9.27. The van der Waals surface area contributed by atoms with Crippen LogP contribution in [0.3, 0.4) is 0 Å². The standard InChI is InChI=1S/C6H5F.C4H11N3.ClH/c7-6-4-2-1-3-5-6;1-3-7(2)4(5)6;/h1-5H;3H2,1-2H3,(H3,5,6);1H. The van der Waals surface area contributed by atoms with E-state index in [1.54, 1.807) is 30.1 Å². The summed E-state index contributed by atoms with van der Waals surface area (Å²) in [6.07, 6.45) is 0. The SMILES string of the molecule is CCN(C)C(=N)N.Cl.Fc1ccccc1. The molecule has 0 bridgehead atoms. The number of nitrogens with one attached hydrogen (secondary N) is 1. The predicted octanol–water partition coefficient (Wildman–Crippen LogP) is 2.08. The first-order valence-corrected chi connectivity index (χ1v) is 4.33. The molecule has 0 atom stereocenters. The zero-order valence-electron chi connectivity index (χ0n) is 8.90. The Bertz CT molecular complexity index is 267. The maximum atomic E-state index is 11.9. The lowest BCUT2D eigenvalue weighted by atomic mass is 10.4. The van der Waals surface area contributed by atoms with Gasteiger partial charge in [0, 0.05) is 13.6 Å². The van der Waals surface area contributed by atoms with Gasteiger partial charge in [-0.15, -0.1) is 12.4 Å². The smallest absolute Gasteiger partial charge is 0.188 e. The number of rotatable bonds is 1. The fourth-order valence-electron chi connectivity index (χ4n) is 0.585. The summed E-state index contributed by atoms with van der Waals surface area (Å²) >= 11 is 0. The van der Waals surface area contributed by atoms with E-state index >= 15 is 0 Å². The lowest BCUT2D eigenvalue weighted by molar-refractivity contribution is 0.525. The molecule has 1 aromatic carbocycles. The minimum absolute atomic E-state index is 0. The number of hydrogen-bond donors (Lipinski definition) is 2. The minimum atomic E-state index is -0.178. The number of halogens is 2. The van der Waals surface area contributed by atoms with E-state index in [1.807, 2.05) is 6.92 Å². The monoisotopic (exact) mass is 233 g/mol. The van der Waals surface area contributed by atoms with Crippen LogP contribution in [0, 0.1) is 11.2 Å². The summed E-state index contributed by atoms with van der Waals surface area (Å²) in [6, 6.07) is 7.94. The summed E-state index contributed by atoms with van der Waals surface area (Å²) in [5.41, 5.74) is 5.06. The average molecular weight is 234 g/mol. The Morgan fingerprint density at radius 1 is 1.40 bits per heavy atom. The second-order valence-electron chi connectivity index (χ2n) is 2.69. The summed E-state index contributed by atoms with van der Waals surface area (Å²) in [5.74, 6) is -0.0509. The third-order valence-electron chi connectivity index (χ3n) is 1.62. The molecular formula is C10H17ClFN3. The molecule has 3 nitrogen and oxygen atoms in total. The van der Waals surface area contributed by atoms with E-state index in [0.717, 1.165) is 6.54 Å². The van der Waals surface area contributed by atoms with Gasteiger partial charge in [-0.1, -0.05) is 18.2 Å². The van der Waals surface area contributed by atoms with Crippen LogP contribution in [0.2, 0.25) is 0 Å². The molecule has 5 heteroatoms. The van der Waals surface area contributed by atoms with Gasteiger partial charge < -0.3 is 10.6 Å². The number of guanidine groups is 1. The first-order valence-electron chi connectivity index (χ1n) is 4.33. The molecule has 0 radical (unpaired) electrons. The van der Waals surface area contributed by atoms with Gasteiger partial charge in [0.25, 0.3) is 0 Å². The van der Waals surface area contributed by atoms with Crippen LogP contribution in [0.1, 0.15) is 6.92 Å². The molecule has 0 fully saturated rings. The molecular weight excluding hydrogens is 217 g/mol. The van der Waals surface area contributed by atoms with Crippen molar-refractivity contribution in [1.29, 1.82) is 5.41 Å². The Labute approximate surface area is 96.0 Å². The van der Waals surface area contributed by atoms with Crippen molar-refractivity contribution in [2.45, 2.75) is 6.92 Å². The molecule has 0 saturated heterocycles.